The van der Waals surface area contributed by atoms with Gasteiger partial charge in [-0.1, -0.05) is 0 Å². The number of nitrogens with zero attached hydrogens (tertiary/aromatic N) is 3. The van der Waals surface area contributed by atoms with Crippen molar-refractivity contribution in [3.63, 3.8) is 0 Å². The first-order valence-electron chi connectivity index (χ1n) is 7.45. The average Bonchev–Trinajstić information content (AvgIpc) is 2.96. The summed E-state index contributed by atoms with van der Waals surface area (Å²) < 4.78 is 7.22. The third kappa shape index (κ3) is 3.87. The largest absolute Gasteiger partial charge is 0.507 e. The predicted molar refractivity (Wildman–Crippen MR) is 86.4 cm³/mol. The number of rotatable bonds is 6. The molecule has 0 spiro atoms. The number of pyridine rings is 1. The van der Waals surface area contributed by atoms with E-state index in [9.17, 15) is 19.5 Å². The second-order valence-corrected chi connectivity index (χ2v) is 5.65. The Kier molecular flexibility index (Phi) is 5.26. The molecule has 134 valence electrons. The van der Waals surface area contributed by atoms with Crippen LogP contribution in [0.4, 0.5) is 0 Å². The van der Waals surface area contributed by atoms with Gasteiger partial charge in [0.25, 0.3) is 5.56 Å². The van der Waals surface area contributed by atoms with Crippen molar-refractivity contribution in [2.45, 2.75) is 25.8 Å². The Labute approximate surface area is 143 Å². The monoisotopic (exact) mass is 349 g/mol. The number of aromatic nitrogens is 3. The summed E-state index contributed by atoms with van der Waals surface area (Å²) in [6.45, 7) is 0.975. The van der Waals surface area contributed by atoms with Crippen molar-refractivity contribution in [3.8, 4) is 5.75 Å². The van der Waals surface area contributed by atoms with E-state index in [1.54, 1.807) is 13.2 Å². The molecule has 0 aliphatic rings. The molecule has 2 heterocycles. The number of carbonyl (C=O) groups is 2. The second-order valence-electron chi connectivity index (χ2n) is 5.65. The summed E-state index contributed by atoms with van der Waals surface area (Å²) in [5, 5.41) is 23.3. The molecule has 0 aliphatic carbocycles. The fourth-order valence-corrected chi connectivity index (χ4v) is 2.68. The minimum atomic E-state index is -1.19. The molecule has 9 nitrogen and oxygen atoms in total. The Balaban J connectivity index is 2.65. The predicted octanol–water partition coefficient (Wildman–Crippen LogP) is 0.375. The first-order valence-corrected chi connectivity index (χ1v) is 7.45. The molecule has 2 aromatic heterocycles. The molecule has 25 heavy (non-hydrogen) atoms. The maximum atomic E-state index is 12.8. The topological polar surface area (TPSA) is 124 Å². The highest BCUT2D eigenvalue weighted by molar-refractivity contribution is 5.71. The Hall–Kier alpha value is -3.10. The normalized spacial score (nSPS) is 12.0. The van der Waals surface area contributed by atoms with Crippen LogP contribution in [0.1, 0.15) is 29.2 Å². The van der Waals surface area contributed by atoms with Crippen molar-refractivity contribution < 1.29 is 24.5 Å². The second kappa shape index (κ2) is 7.20. The quantitative estimate of drug-likeness (QED) is 0.722. The lowest BCUT2D eigenvalue weighted by molar-refractivity contribution is -0.141. The molecule has 0 aromatic carbocycles. The number of carboxylic acids is 1. The fourth-order valence-electron chi connectivity index (χ4n) is 2.68. The number of methoxy groups -OCH3 is 1. The maximum absolute atomic E-state index is 12.8. The minimum absolute atomic E-state index is 0.0646. The number of aliphatic carboxylic acids is 1. The van der Waals surface area contributed by atoms with Crippen LogP contribution >= 0.6 is 0 Å². The zero-order valence-corrected chi connectivity index (χ0v) is 14.1. The zero-order valence-electron chi connectivity index (χ0n) is 14.1. The zero-order chi connectivity index (χ0) is 18.7. The molecule has 0 amide bonds. The van der Waals surface area contributed by atoms with E-state index in [1.165, 1.54) is 31.0 Å². The number of ether oxygens (including phenoxy) is 1. The minimum Gasteiger partial charge on any atom is -0.507 e. The van der Waals surface area contributed by atoms with Gasteiger partial charge in [-0.2, -0.15) is 5.10 Å². The average molecular weight is 349 g/mol. The smallest absolute Gasteiger partial charge is 0.323 e. The Morgan fingerprint density at radius 3 is 2.60 bits per heavy atom. The van der Waals surface area contributed by atoms with Gasteiger partial charge in [-0.3, -0.25) is 19.1 Å². The molecule has 0 aliphatic heterocycles. The van der Waals surface area contributed by atoms with E-state index in [0.29, 0.717) is 11.3 Å². The third-order valence-corrected chi connectivity index (χ3v) is 3.89. The lowest BCUT2D eigenvalue weighted by atomic mass is 9.90. The van der Waals surface area contributed by atoms with Crippen molar-refractivity contribution in [2.24, 2.45) is 7.05 Å². The van der Waals surface area contributed by atoms with Crippen LogP contribution in [0, 0.1) is 6.92 Å². The van der Waals surface area contributed by atoms with Gasteiger partial charge < -0.3 is 19.5 Å². The lowest BCUT2D eigenvalue weighted by Crippen LogP contribution is -2.30. The number of aryl methyl sites for hydroxylation is 2. The summed E-state index contributed by atoms with van der Waals surface area (Å²) in [6, 6.07) is 1.31. The third-order valence-electron chi connectivity index (χ3n) is 3.89. The molecule has 2 aromatic rings. The molecule has 0 fully saturated rings. The highest BCUT2D eigenvalue weighted by Gasteiger charge is 2.27. The van der Waals surface area contributed by atoms with E-state index in [4.69, 9.17) is 5.11 Å². The van der Waals surface area contributed by atoms with E-state index in [2.05, 4.69) is 9.84 Å². The van der Waals surface area contributed by atoms with Crippen molar-refractivity contribution in [1.29, 1.82) is 0 Å². The van der Waals surface area contributed by atoms with E-state index >= 15 is 0 Å². The SMILES string of the molecule is COC(=O)C[C@H](c1cnn(C)c1)c1c(O)cc(C)n(CC(=O)O)c1=O. The van der Waals surface area contributed by atoms with Crippen LogP contribution in [-0.4, -0.2) is 43.6 Å². The fraction of sp³-hybridized carbons (Fsp3) is 0.375. The first kappa shape index (κ1) is 18.2. The molecule has 2 rings (SSSR count). The number of hydrogen-bond donors (Lipinski definition) is 2. The maximum Gasteiger partial charge on any atom is 0.323 e. The molecule has 0 bridgehead atoms. The summed E-state index contributed by atoms with van der Waals surface area (Å²) in [7, 11) is 2.90. The highest BCUT2D eigenvalue weighted by Crippen LogP contribution is 2.32. The van der Waals surface area contributed by atoms with E-state index in [1.807, 2.05) is 0 Å². The first-order chi connectivity index (χ1) is 11.7. The molecular formula is C16H19N3O6. The van der Waals surface area contributed by atoms with Crippen LogP contribution in [0.25, 0.3) is 0 Å². The molecule has 0 saturated carbocycles. The van der Waals surface area contributed by atoms with Crippen LogP contribution in [0.15, 0.2) is 23.3 Å². The lowest BCUT2D eigenvalue weighted by Gasteiger charge is -2.18. The summed E-state index contributed by atoms with van der Waals surface area (Å²) in [6.07, 6.45) is 2.91. The molecule has 1 atom stereocenters. The van der Waals surface area contributed by atoms with E-state index < -0.39 is 30.0 Å². The summed E-state index contributed by atoms with van der Waals surface area (Å²) in [5.41, 5.74) is 0.102. The van der Waals surface area contributed by atoms with Gasteiger partial charge in [-0.25, -0.2) is 0 Å². The van der Waals surface area contributed by atoms with Gasteiger partial charge in [0.1, 0.15) is 12.3 Å². The molecule has 0 unspecified atom stereocenters. The Morgan fingerprint density at radius 1 is 1.40 bits per heavy atom. The number of esters is 1. The summed E-state index contributed by atoms with van der Waals surface area (Å²) >= 11 is 0. The Morgan fingerprint density at radius 2 is 2.08 bits per heavy atom. The van der Waals surface area contributed by atoms with Gasteiger partial charge in [0, 0.05) is 24.9 Å². The van der Waals surface area contributed by atoms with Gasteiger partial charge in [-0.05, 0) is 18.6 Å². The van der Waals surface area contributed by atoms with Gasteiger partial charge in [0.15, 0.2) is 0 Å². The molecule has 0 saturated heterocycles. The Bertz CT molecular complexity index is 867. The molecule has 0 radical (unpaired) electrons. The summed E-state index contributed by atoms with van der Waals surface area (Å²) in [4.78, 5) is 35.6. The van der Waals surface area contributed by atoms with Crippen molar-refractivity contribution in [1.82, 2.24) is 14.3 Å². The van der Waals surface area contributed by atoms with Gasteiger partial charge in [-0.15, -0.1) is 0 Å². The van der Waals surface area contributed by atoms with Crippen molar-refractivity contribution >= 4 is 11.9 Å². The van der Waals surface area contributed by atoms with E-state index in [0.717, 1.165) is 4.57 Å². The van der Waals surface area contributed by atoms with Gasteiger partial charge in [0.2, 0.25) is 0 Å². The number of aromatic hydroxyl groups is 1. The van der Waals surface area contributed by atoms with Crippen LogP contribution in [0.2, 0.25) is 0 Å². The number of hydrogen-bond acceptors (Lipinski definition) is 6. The van der Waals surface area contributed by atoms with Crippen LogP contribution in [-0.2, 0) is 27.9 Å². The standard InChI is InChI=1S/C16H19N3O6/c1-9-4-12(20)15(16(24)19(9)8-13(21)22)11(5-14(23)25-3)10-6-17-18(2)7-10/h4,6-7,11,20H,5,8H2,1-3H3,(H,21,22)/t11-/m1/s1. The molecular weight excluding hydrogens is 330 g/mol. The molecule has 9 heteroatoms. The highest BCUT2D eigenvalue weighted by atomic mass is 16.5. The van der Waals surface area contributed by atoms with Gasteiger partial charge in [0.05, 0.1) is 25.3 Å². The van der Waals surface area contributed by atoms with Gasteiger partial charge >= 0.3 is 11.9 Å². The number of carbonyl (C=O) groups excluding carboxylic acids is 1. The van der Waals surface area contributed by atoms with Crippen LogP contribution in [0.5, 0.6) is 5.75 Å². The van der Waals surface area contributed by atoms with E-state index in [-0.39, 0.29) is 17.7 Å². The number of carboxylic acid groups (broad SMARTS) is 1. The summed E-state index contributed by atoms with van der Waals surface area (Å²) in [5.74, 6) is -2.87. The van der Waals surface area contributed by atoms with Crippen LogP contribution < -0.4 is 5.56 Å². The van der Waals surface area contributed by atoms with Crippen molar-refractivity contribution in [2.75, 3.05) is 7.11 Å². The van der Waals surface area contributed by atoms with Crippen LogP contribution in [0.3, 0.4) is 0 Å². The van der Waals surface area contributed by atoms with Crippen molar-refractivity contribution in [3.05, 3.63) is 45.6 Å². The molecule has 2 N–H and O–H groups in total.